The first-order valence-electron chi connectivity index (χ1n) is 14.4. The zero-order valence-corrected chi connectivity index (χ0v) is 27.1. The molecule has 50 heavy (non-hydrogen) atoms. The summed E-state index contributed by atoms with van der Waals surface area (Å²) in [6.45, 7) is 4.03. The van der Waals surface area contributed by atoms with E-state index in [0.29, 0.717) is 28.8 Å². The molecule has 1 amide bonds. The number of alkyl halides is 6. The number of hydrogen-bond acceptors (Lipinski definition) is 11. The van der Waals surface area contributed by atoms with Crippen LogP contribution in [0.15, 0.2) is 23.6 Å². The average molecular weight is 739 g/mol. The Morgan fingerprint density at radius 2 is 1.58 bits per heavy atom. The maximum absolute atomic E-state index is 13.1. The van der Waals surface area contributed by atoms with Crippen molar-refractivity contribution in [3.8, 4) is 0 Å². The molecule has 2 heterocycles. The predicted molar refractivity (Wildman–Crippen MR) is 167 cm³/mol. The van der Waals surface area contributed by atoms with Gasteiger partial charge in [-0.15, -0.1) is 11.3 Å². The number of fused-ring (bicyclic) bond motifs is 1. The number of nitrogens with zero attached hydrogens (tertiary/aromatic N) is 3. The standard InChI is InChI=1S/C24H30N8O3S.2C2HF3O2/c1-3-35-19(33)11-14-12-36-24(27-14)32-22(34)21-28-16-9-8-13(2)10-15(16)20(31-21)29-17-6-4-5-7-18(17)30-23(25)26;2*3-2(4,5)1(6)7/h8-10,12,17-18H,3-7,11H2,1-2H3,(H4,25,26,30)(H,27,32,34)(H,28,29,31);2*(H,6,7). The number of nitrogens with one attached hydrogen (secondary N) is 4. The number of benzene rings is 1. The zero-order chi connectivity index (χ0) is 37.8. The molecule has 3 aromatic rings. The zero-order valence-electron chi connectivity index (χ0n) is 26.2. The van der Waals surface area contributed by atoms with Gasteiger partial charge in [0.25, 0.3) is 5.91 Å². The Labute approximate surface area is 283 Å². The molecule has 8 N–H and O–H groups in total. The van der Waals surface area contributed by atoms with Gasteiger partial charge in [-0.3, -0.25) is 20.3 Å². The van der Waals surface area contributed by atoms with E-state index in [1.54, 1.807) is 12.3 Å². The fourth-order valence-electron chi connectivity index (χ4n) is 4.26. The SMILES string of the molecule is CCOC(=O)Cc1csc(NC(=O)c2nc(NC3CCCCC3NC(=N)N)c3cc(C)ccc3n2)n1.O=C(O)C(F)(F)F.O=C(O)C(F)(F)F. The number of rotatable bonds is 8. The number of carboxylic acids is 2. The summed E-state index contributed by atoms with van der Waals surface area (Å²) in [6.07, 6.45) is -6.28. The Morgan fingerprint density at radius 3 is 2.12 bits per heavy atom. The molecule has 1 aliphatic carbocycles. The third-order valence-corrected chi connectivity index (χ3v) is 7.18. The molecule has 15 nitrogen and oxygen atoms in total. The summed E-state index contributed by atoms with van der Waals surface area (Å²) in [5, 5.41) is 34.0. The number of aliphatic carboxylic acids is 2. The minimum atomic E-state index is -5.08. The molecular formula is C28H32F6N8O7S. The minimum Gasteiger partial charge on any atom is -0.475 e. The number of nitrogens with two attached hydrogens (primary N) is 1. The van der Waals surface area contributed by atoms with Crippen molar-refractivity contribution in [2.45, 2.75) is 70.4 Å². The molecular weight excluding hydrogens is 706 g/mol. The first-order valence-corrected chi connectivity index (χ1v) is 15.3. The highest BCUT2D eigenvalue weighted by Crippen LogP contribution is 2.27. The Kier molecular flexibility index (Phi) is 14.7. The van der Waals surface area contributed by atoms with Crippen LogP contribution in [0.5, 0.6) is 0 Å². The van der Waals surface area contributed by atoms with Gasteiger partial charge in [-0.25, -0.2) is 24.5 Å². The quantitative estimate of drug-likeness (QED) is 0.0742. The van der Waals surface area contributed by atoms with Gasteiger partial charge in [0.1, 0.15) is 5.82 Å². The number of halogens is 6. The normalized spacial score (nSPS) is 15.7. The lowest BCUT2D eigenvalue weighted by Crippen LogP contribution is -2.50. The van der Waals surface area contributed by atoms with Crippen molar-refractivity contribution in [3.05, 3.63) is 40.7 Å². The van der Waals surface area contributed by atoms with E-state index in [0.717, 1.165) is 36.6 Å². The number of carboxylic acid groups (broad SMARTS) is 2. The minimum absolute atomic E-state index is 0.00267. The van der Waals surface area contributed by atoms with Crippen LogP contribution in [0.4, 0.5) is 37.3 Å². The van der Waals surface area contributed by atoms with Gasteiger partial charge in [0.2, 0.25) is 5.82 Å². The number of ether oxygens (including phenoxy) is 1. The fourth-order valence-corrected chi connectivity index (χ4v) is 4.97. The summed E-state index contributed by atoms with van der Waals surface area (Å²) in [5.41, 5.74) is 7.81. The Balaban J connectivity index is 0.000000521. The molecule has 0 bridgehead atoms. The van der Waals surface area contributed by atoms with Gasteiger partial charge < -0.3 is 31.3 Å². The number of amides is 1. The predicted octanol–water partition coefficient (Wildman–Crippen LogP) is 4.23. The van der Waals surface area contributed by atoms with Crippen LogP contribution in [-0.2, 0) is 25.5 Å². The van der Waals surface area contributed by atoms with Crippen molar-refractivity contribution in [1.82, 2.24) is 20.3 Å². The third kappa shape index (κ3) is 13.3. The molecule has 1 aliphatic rings. The van der Waals surface area contributed by atoms with Gasteiger partial charge >= 0.3 is 30.3 Å². The first-order chi connectivity index (χ1) is 23.2. The number of aromatic nitrogens is 3. The van der Waals surface area contributed by atoms with E-state index in [1.807, 2.05) is 25.1 Å². The lowest BCUT2D eigenvalue weighted by molar-refractivity contribution is -0.193. The molecule has 0 aliphatic heterocycles. The van der Waals surface area contributed by atoms with E-state index in [9.17, 15) is 35.9 Å². The number of carbonyl (C=O) groups is 4. The molecule has 2 atom stereocenters. The number of thiazole rings is 1. The molecule has 1 fully saturated rings. The largest absolute Gasteiger partial charge is 0.490 e. The van der Waals surface area contributed by atoms with Gasteiger partial charge in [-0.05, 0) is 38.8 Å². The van der Waals surface area contributed by atoms with Crippen LogP contribution < -0.4 is 21.7 Å². The van der Waals surface area contributed by atoms with Crippen molar-refractivity contribution in [2.24, 2.45) is 5.73 Å². The smallest absolute Gasteiger partial charge is 0.475 e. The summed E-state index contributed by atoms with van der Waals surface area (Å²) in [4.78, 5) is 55.9. The maximum atomic E-state index is 13.1. The van der Waals surface area contributed by atoms with E-state index >= 15 is 0 Å². The lowest BCUT2D eigenvalue weighted by atomic mass is 9.90. The second kappa shape index (κ2) is 17.9. The second-order valence-corrected chi connectivity index (χ2v) is 11.2. The molecule has 0 saturated heterocycles. The molecule has 1 saturated carbocycles. The monoisotopic (exact) mass is 738 g/mol. The number of aryl methyl sites for hydroxylation is 1. The number of anilines is 2. The molecule has 2 aromatic heterocycles. The molecule has 0 spiro atoms. The van der Waals surface area contributed by atoms with E-state index in [1.165, 1.54) is 11.3 Å². The van der Waals surface area contributed by atoms with Crippen molar-refractivity contribution < 1.29 is 60.5 Å². The van der Waals surface area contributed by atoms with Crippen LogP contribution in [0.3, 0.4) is 0 Å². The van der Waals surface area contributed by atoms with Crippen molar-refractivity contribution in [3.63, 3.8) is 0 Å². The third-order valence-electron chi connectivity index (χ3n) is 6.37. The second-order valence-electron chi connectivity index (χ2n) is 10.3. The fraction of sp³-hybridized carbons (Fsp3) is 0.429. The van der Waals surface area contributed by atoms with E-state index in [-0.39, 0.29) is 36.3 Å². The highest BCUT2D eigenvalue weighted by atomic mass is 32.1. The average Bonchev–Trinajstić information content (AvgIpc) is 3.44. The molecule has 2 unspecified atom stereocenters. The van der Waals surface area contributed by atoms with Crippen LogP contribution in [0.2, 0.25) is 0 Å². The summed E-state index contributed by atoms with van der Waals surface area (Å²) in [7, 11) is 0. The van der Waals surface area contributed by atoms with Crippen LogP contribution in [0.25, 0.3) is 10.9 Å². The van der Waals surface area contributed by atoms with Gasteiger partial charge in [-0.2, -0.15) is 26.3 Å². The first kappa shape index (κ1) is 40.9. The Bertz CT molecular complexity index is 1660. The van der Waals surface area contributed by atoms with Crippen LogP contribution in [0.1, 0.15) is 54.5 Å². The number of carbonyl (C=O) groups excluding carboxylic acids is 2. The lowest BCUT2D eigenvalue weighted by Gasteiger charge is -2.33. The van der Waals surface area contributed by atoms with Crippen molar-refractivity contribution in [2.75, 3.05) is 17.2 Å². The van der Waals surface area contributed by atoms with E-state index < -0.39 is 30.2 Å². The van der Waals surface area contributed by atoms with Crippen molar-refractivity contribution in [1.29, 1.82) is 5.41 Å². The van der Waals surface area contributed by atoms with E-state index in [2.05, 4.69) is 30.9 Å². The van der Waals surface area contributed by atoms with Crippen molar-refractivity contribution >= 4 is 63.0 Å². The number of hydrogen-bond donors (Lipinski definition) is 7. The maximum Gasteiger partial charge on any atom is 0.490 e. The highest BCUT2D eigenvalue weighted by Gasteiger charge is 2.39. The summed E-state index contributed by atoms with van der Waals surface area (Å²) >= 11 is 1.21. The highest BCUT2D eigenvalue weighted by molar-refractivity contribution is 7.14. The van der Waals surface area contributed by atoms with Gasteiger partial charge in [0, 0.05) is 22.8 Å². The van der Waals surface area contributed by atoms with E-state index in [4.69, 9.17) is 35.7 Å². The molecule has 22 heteroatoms. The molecule has 1 aromatic carbocycles. The van der Waals surface area contributed by atoms with Crippen LogP contribution in [-0.4, -0.2) is 86.0 Å². The number of esters is 1. The van der Waals surface area contributed by atoms with Crippen LogP contribution in [0, 0.1) is 12.3 Å². The Hall–Kier alpha value is -5.28. The Morgan fingerprint density at radius 1 is 1.00 bits per heavy atom. The van der Waals surface area contributed by atoms with Gasteiger partial charge in [-0.1, -0.05) is 24.5 Å². The topological polar surface area (TPSA) is 243 Å². The van der Waals surface area contributed by atoms with Gasteiger partial charge in [0.05, 0.1) is 24.2 Å². The molecule has 0 radical (unpaired) electrons. The molecule has 4 rings (SSSR count). The van der Waals surface area contributed by atoms with Crippen LogP contribution >= 0.6 is 11.3 Å². The summed E-state index contributed by atoms with van der Waals surface area (Å²) < 4.78 is 68.4. The van der Waals surface area contributed by atoms with Gasteiger partial charge in [0.15, 0.2) is 11.1 Å². The summed E-state index contributed by atoms with van der Waals surface area (Å²) in [6, 6.07) is 5.75. The molecule has 274 valence electrons. The summed E-state index contributed by atoms with van der Waals surface area (Å²) in [5.74, 6) is -5.89. The number of guanidine groups is 1.